The first-order valence-corrected chi connectivity index (χ1v) is 7.36. The number of nitrogens with zero attached hydrogens (tertiary/aromatic N) is 1. The lowest BCUT2D eigenvalue weighted by molar-refractivity contribution is -0.120. The van der Waals surface area contributed by atoms with E-state index in [0.717, 1.165) is 18.5 Å². The Morgan fingerprint density at radius 1 is 1.15 bits per heavy atom. The maximum Gasteiger partial charge on any atom is 0.254 e. The second-order valence-corrected chi connectivity index (χ2v) is 5.13. The molecule has 1 N–H and O–H groups in total. The van der Waals surface area contributed by atoms with Gasteiger partial charge < -0.3 is 10.2 Å². The number of anilines is 1. The fourth-order valence-electron chi connectivity index (χ4n) is 2.77. The molecule has 2 rings (SSSR count). The second-order valence-electron chi connectivity index (χ2n) is 5.13. The molecule has 2 amide bonds. The molecular weight excluding hydrogens is 252 g/mol. The lowest BCUT2D eigenvalue weighted by atomic mass is 10.1. The molecule has 0 saturated heterocycles. The fraction of sp³-hybridized carbons (Fsp3) is 0.500. The van der Waals surface area contributed by atoms with E-state index in [4.69, 9.17) is 0 Å². The highest BCUT2D eigenvalue weighted by Gasteiger charge is 2.35. The average Bonchev–Trinajstić information content (AvgIpc) is 2.58. The summed E-state index contributed by atoms with van der Waals surface area (Å²) in [6.45, 7) is 6.07. The highest BCUT2D eigenvalue weighted by Crippen LogP contribution is 2.28. The van der Waals surface area contributed by atoms with Crippen molar-refractivity contribution >= 4 is 17.5 Å². The van der Waals surface area contributed by atoms with Gasteiger partial charge in [0.05, 0.1) is 11.3 Å². The summed E-state index contributed by atoms with van der Waals surface area (Å²) in [6.07, 6.45) is 2.36. The van der Waals surface area contributed by atoms with Gasteiger partial charge in [-0.25, -0.2) is 0 Å². The highest BCUT2D eigenvalue weighted by molar-refractivity contribution is 6.11. The van der Waals surface area contributed by atoms with E-state index in [1.54, 1.807) is 6.07 Å². The summed E-state index contributed by atoms with van der Waals surface area (Å²) < 4.78 is 0. The van der Waals surface area contributed by atoms with Crippen molar-refractivity contribution < 1.29 is 9.59 Å². The zero-order valence-corrected chi connectivity index (χ0v) is 12.3. The molecule has 1 unspecified atom stereocenters. The number of carbonyl (C=O) groups excluding carboxylic acids is 2. The van der Waals surface area contributed by atoms with Crippen molar-refractivity contribution in [1.82, 2.24) is 5.32 Å². The number of hydrogen-bond acceptors (Lipinski definition) is 2. The Hall–Kier alpha value is -1.84. The van der Waals surface area contributed by atoms with Crippen LogP contribution in [0, 0.1) is 0 Å². The summed E-state index contributed by atoms with van der Waals surface area (Å²) in [7, 11) is 0. The normalized spacial score (nSPS) is 18.8. The molecule has 1 atom stereocenters. The summed E-state index contributed by atoms with van der Waals surface area (Å²) in [5.74, 6) is -0.159. The molecule has 0 aromatic heterocycles. The van der Waals surface area contributed by atoms with Gasteiger partial charge in [0.15, 0.2) is 0 Å². The van der Waals surface area contributed by atoms with Crippen molar-refractivity contribution in [2.24, 2.45) is 0 Å². The van der Waals surface area contributed by atoms with E-state index in [1.165, 1.54) is 0 Å². The molecule has 108 valence electrons. The van der Waals surface area contributed by atoms with Crippen molar-refractivity contribution in [1.29, 1.82) is 0 Å². The van der Waals surface area contributed by atoms with Gasteiger partial charge in [-0.1, -0.05) is 32.9 Å². The van der Waals surface area contributed by atoms with Crippen molar-refractivity contribution in [2.45, 2.75) is 52.1 Å². The Kier molecular flexibility index (Phi) is 4.42. The molecule has 0 aliphatic carbocycles. The number of para-hydroxylation sites is 1. The molecule has 1 aliphatic rings. The topological polar surface area (TPSA) is 49.4 Å². The van der Waals surface area contributed by atoms with Crippen LogP contribution in [0.4, 0.5) is 5.69 Å². The summed E-state index contributed by atoms with van der Waals surface area (Å²) in [5.41, 5.74) is 1.32. The number of benzene rings is 1. The average molecular weight is 274 g/mol. The Morgan fingerprint density at radius 3 is 2.40 bits per heavy atom. The van der Waals surface area contributed by atoms with Crippen LogP contribution in [0.5, 0.6) is 0 Å². The van der Waals surface area contributed by atoms with Gasteiger partial charge in [-0.15, -0.1) is 0 Å². The Balaban J connectivity index is 2.56. The van der Waals surface area contributed by atoms with Crippen molar-refractivity contribution in [2.75, 3.05) is 4.90 Å². The molecule has 0 spiro atoms. The van der Waals surface area contributed by atoms with Gasteiger partial charge in [0.2, 0.25) is 5.91 Å². The summed E-state index contributed by atoms with van der Waals surface area (Å²) in [5, 5.41) is 2.84. The third-order valence-electron chi connectivity index (χ3n) is 3.96. The molecule has 1 aliphatic heterocycles. The van der Waals surface area contributed by atoms with E-state index >= 15 is 0 Å². The van der Waals surface area contributed by atoms with Gasteiger partial charge in [-0.3, -0.25) is 9.59 Å². The van der Waals surface area contributed by atoms with Gasteiger partial charge in [-0.05, 0) is 31.4 Å². The second kappa shape index (κ2) is 6.07. The van der Waals surface area contributed by atoms with Gasteiger partial charge in [-0.2, -0.15) is 0 Å². The standard InChI is InChI=1S/C16H22N2O2/c1-4-11(5-2)18-14-10-8-7-9-12(14)15(19)17-13(6-3)16(18)20/h7-11,13H,4-6H2,1-3H3,(H,17,19). The molecule has 0 radical (unpaired) electrons. The smallest absolute Gasteiger partial charge is 0.254 e. The van der Waals surface area contributed by atoms with E-state index in [-0.39, 0.29) is 17.9 Å². The third kappa shape index (κ3) is 2.42. The lowest BCUT2D eigenvalue weighted by Gasteiger charge is -2.32. The minimum atomic E-state index is -0.435. The molecule has 4 heteroatoms. The number of carbonyl (C=O) groups is 2. The van der Waals surface area contributed by atoms with E-state index in [0.29, 0.717) is 12.0 Å². The number of nitrogens with one attached hydrogen (secondary N) is 1. The summed E-state index contributed by atoms with van der Waals surface area (Å²) >= 11 is 0. The third-order valence-corrected chi connectivity index (χ3v) is 3.96. The maximum atomic E-state index is 12.8. The highest BCUT2D eigenvalue weighted by atomic mass is 16.2. The SMILES string of the molecule is CCC1NC(=O)c2ccccc2N(C(CC)CC)C1=O. The molecule has 0 saturated carbocycles. The first kappa shape index (κ1) is 14.6. The Morgan fingerprint density at radius 2 is 1.80 bits per heavy atom. The molecule has 4 nitrogen and oxygen atoms in total. The molecule has 0 fully saturated rings. The van der Waals surface area contributed by atoms with Crippen LogP contribution in [-0.4, -0.2) is 23.9 Å². The lowest BCUT2D eigenvalue weighted by Crippen LogP contribution is -2.49. The van der Waals surface area contributed by atoms with E-state index in [2.05, 4.69) is 19.2 Å². The van der Waals surface area contributed by atoms with Crippen LogP contribution < -0.4 is 10.2 Å². The number of hydrogen-bond donors (Lipinski definition) is 1. The van der Waals surface area contributed by atoms with Gasteiger partial charge >= 0.3 is 0 Å². The van der Waals surface area contributed by atoms with Crippen molar-refractivity contribution in [3.8, 4) is 0 Å². The van der Waals surface area contributed by atoms with Crippen LogP contribution in [0.1, 0.15) is 50.4 Å². The molecule has 1 aromatic rings. The maximum absolute atomic E-state index is 12.8. The van der Waals surface area contributed by atoms with E-state index in [1.807, 2.05) is 30.0 Å². The van der Waals surface area contributed by atoms with Gasteiger partial charge in [0.25, 0.3) is 5.91 Å². The Labute approximate surface area is 120 Å². The molecular formula is C16H22N2O2. The van der Waals surface area contributed by atoms with Gasteiger partial charge in [0, 0.05) is 6.04 Å². The number of fused-ring (bicyclic) bond motifs is 1. The molecule has 1 heterocycles. The first-order chi connectivity index (χ1) is 9.63. The molecule has 0 bridgehead atoms. The summed E-state index contributed by atoms with van der Waals surface area (Å²) in [6, 6.07) is 7.05. The van der Waals surface area contributed by atoms with Crippen LogP contribution in [0.3, 0.4) is 0 Å². The quantitative estimate of drug-likeness (QED) is 0.917. The Bertz CT molecular complexity index is 509. The predicted octanol–water partition coefficient (Wildman–Crippen LogP) is 2.73. The molecule has 20 heavy (non-hydrogen) atoms. The van der Waals surface area contributed by atoms with Crippen LogP contribution in [0.25, 0.3) is 0 Å². The van der Waals surface area contributed by atoms with Crippen LogP contribution in [-0.2, 0) is 4.79 Å². The van der Waals surface area contributed by atoms with Gasteiger partial charge in [0.1, 0.15) is 6.04 Å². The summed E-state index contributed by atoms with van der Waals surface area (Å²) in [4.78, 5) is 26.9. The van der Waals surface area contributed by atoms with Crippen molar-refractivity contribution in [3.63, 3.8) is 0 Å². The van der Waals surface area contributed by atoms with Crippen LogP contribution in [0.2, 0.25) is 0 Å². The van der Waals surface area contributed by atoms with E-state index < -0.39 is 6.04 Å². The minimum Gasteiger partial charge on any atom is -0.340 e. The molecule has 1 aromatic carbocycles. The number of rotatable bonds is 4. The first-order valence-electron chi connectivity index (χ1n) is 7.36. The van der Waals surface area contributed by atoms with Crippen LogP contribution in [0.15, 0.2) is 24.3 Å². The fourth-order valence-corrected chi connectivity index (χ4v) is 2.77. The van der Waals surface area contributed by atoms with E-state index in [9.17, 15) is 9.59 Å². The predicted molar refractivity (Wildman–Crippen MR) is 79.8 cm³/mol. The monoisotopic (exact) mass is 274 g/mol. The largest absolute Gasteiger partial charge is 0.340 e. The zero-order chi connectivity index (χ0) is 14.7. The number of amides is 2. The van der Waals surface area contributed by atoms with Crippen molar-refractivity contribution in [3.05, 3.63) is 29.8 Å². The zero-order valence-electron chi connectivity index (χ0n) is 12.3. The van der Waals surface area contributed by atoms with Crippen LogP contribution >= 0.6 is 0 Å². The minimum absolute atomic E-state index is 0.000463.